The Kier molecular flexibility index (Phi) is 5.43. The highest BCUT2D eigenvalue weighted by atomic mass is 79.9. The third-order valence-corrected chi connectivity index (χ3v) is 3.97. The number of nitrogens with one attached hydrogen (secondary N) is 1. The van der Waals surface area contributed by atoms with E-state index in [4.69, 9.17) is 16.4 Å². The van der Waals surface area contributed by atoms with Gasteiger partial charge in [0.2, 0.25) is 0 Å². The summed E-state index contributed by atoms with van der Waals surface area (Å²) in [5.74, 6) is 11.7. The highest BCUT2D eigenvalue weighted by Gasteiger charge is 2.17. The molecule has 2 amide bonds. The zero-order valence-corrected chi connectivity index (χ0v) is 14.0. The molecule has 7 nitrogen and oxygen atoms in total. The zero-order chi connectivity index (χ0) is 17.0. The molecule has 0 aliphatic rings. The minimum absolute atomic E-state index is 0.171. The van der Waals surface area contributed by atoms with Gasteiger partial charge in [-0.2, -0.15) is 0 Å². The second-order valence-corrected chi connectivity index (χ2v) is 5.65. The van der Waals surface area contributed by atoms with Crippen LogP contribution in [0.3, 0.4) is 0 Å². The van der Waals surface area contributed by atoms with Crippen molar-refractivity contribution < 1.29 is 14.6 Å². The van der Waals surface area contributed by atoms with Crippen LogP contribution in [-0.2, 0) is 6.61 Å². The van der Waals surface area contributed by atoms with E-state index in [1.807, 2.05) is 18.4 Å². The predicted octanol–water partition coefficient (Wildman–Crippen LogP) is 2.31. The number of ether oxygens (including phenoxy) is 1. The van der Waals surface area contributed by atoms with Crippen LogP contribution in [0.15, 0.2) is 40.9 Å². The number of benzene rings is 2. The van der Waals surface area contributed by atoms with Crippen molar-refractivity contribution in [2.24, 2.45) is 11.7 Å². The van der Waals surface area contributed by atoms with E-state index in [0.717, 1.165) is 15.0 Å². The summed E-state index contributed by atoms with van der Waals surface area (Å²) >= 11 is 3.42. The van der Waals surface area contributed by atoms with Gasteiger partial charge in [0.15, 0.2) is 0 Å². The fraction of sp³-hybridized carbons (Fsp3) is 0.133. The van der Waals surface area contributed by atoms with Gasteiger partial charge in [0.25, 0.3) is 0 Å². The normalized spacial score (nSPS) is 10.3. The molecule has 23 heavy (non-hydrogen) atoms. The first-order valence-electron chi connectivity index (χ1n) is 6.69. The van der Waals surface area contributed by atoms with E-state index < -0.39 is 6.03 Å². The molecule has 0 atom stereocenters. The number of phenols is 1. The summed E-state index contributed by atoms with van der Waals surface area (Å²) in [5.41, 5.74) is 3.91. The lowest BCUT2D eigenvalue weighted by Gasteiger charge is -2.21. The molecule has 0 saturated heterocycles. The van der Waals surface area contributed by atoms with Gasteiger partial charge >= 0.3 is 6.03 Å². The first kappa shape index (κ1) is 17.1. The maximum atomic E-state index is 11.6. The van der Waals surface area contributed by atoms with E-state index in [1.54, 1.807) is 30.3 Å². The number of aromatic hydroxyl groups is 1. The van der Waals surface area contributed by atoms with E-state index in [2.05, 4.69) is 15.9 Å². The number of rotatable bonds is 4. The summed E-state index contributed by atoms with van der Waals surface area (Å²) in [6, 6.07) is 9.42. The number of hydrogen-bond acceptors (Lipinski definition) is 5. The van der Waals surface area contributed by atoms with Gasteiger partial charge in [-0.15, -0.1) is 0 Å². The first-order valence-corrected chi connectivity index (χ1v) is 7.48. The Morgan fingerprint density at radius 3 is 2.78 bits per heavy atom. The fourth-order valence-corrected chi connectivity index (χ4v) is 2.51. The SMILES string of the molecule is Cc1cc(O)ccc1OCc1c(Br)cccc1N(N)C(=O)NN. The van der Waals surface area contributed by atoms with Crippen LogP contribution in [0.25, 0.3) is 0 Å². The lowest BCUT2D eigenvalue weighted by atomic mass is 10.1. The van der Waals surface area contributed by atoms with Gasteiger partial charge in [-0.3, -0.25) is 5.43 Å². The van der Waals surface area contributed by atoms with Crippen LogP contribution >= 0.6 is 15.9 Å². The van der Waals surface area contributed by atoms with Crippen molar-refractivity contribution in [2.75, 3.05) is 5.01 Å². The average molecular weight is 381 g/mol. The third kappa shape index (κ3) is 3.92. The number of anilines is 1. The van der Waals surface area contributed by atoms with Crippen molar-refractivity contribution in [1.29, 1.82) is 0 Å². The van der Waals surface area contributed by atoms with Gasteiger partial charge in [-0.05, 0) is 42.8 Å². The summed E-state index contributed by atoms with van der Waals surface area (Å²) in [5, 5.41) is 10.3. The van der Waals surface area contributed by atoms with Crippen LogP contribution < -0.4 is 26.9 Å². The summed E-state index contributed by atoms with van der Waals surface area (Å²) < 4.78 is 6.52. The summed E-state index contributed by atoms with van der Waals surface area (Å²) in [4.78, 5) is 11.6. The molecule has 0 unspecified atom stereocenters. The number of carbonyl (C=O) groups excluding carboxylic acids is 1. The smallest absolute Gasteiger partial charge is 0.350 e. The summed E-state index contributed by atoms with van der Waals surface area (Å²) in [6.45, 7) is 2.00. The Hall–Kier alpha value is -2.29. The minimum Gasteiger partial charge on any atom is -0.508 e. The largest absolute Gasteiger partial charge is 0.508 e. The Bertz CT molecular complexity index is 724. The third-order valence-electron chi connectivity index (χ3n) is 3.23. The van der Waals surface area contributed by atoms with E-state index in [9.17, 15) is 9.90 Å². The molecule has 6 N–H and O–H groups in total. The number of halogens is 1. The second-order valence-electron chi connectivity index (χ2n) is 4.80. The van der Waals surface area contributed by atoms with Gasteiger partial charge in [-0.25, -0.2) is 21.5 Å². The number of hydrogen-bond donors (Lipinski definition) is 4. The van der Waals surface area contributed by atoms with E-state index >= 15 is 0 Å². The molecule has 0 fully saturated rings. The highest BCUT2D eigenvalue weighted by molar-refractivity contribution is 9.10. The van der Waals surface area contributed by atoms with E-state index in [-0.39, 0.29) is 12.4 Å². The van der Waals surface area contributed by atoms with Crippen molar-refractivity contribution in [3.8, 4) is 11.5 Å². The van der Waals surface area contributed by atoms with Gasteiger partial charge < -0.3 is 9.84 Å². The number of aryl methyl sites for hydroxylation is 1. The molecule has 0 aliphatic heterocycles. The van der Waals surface area contributed by atoms with Gasteiger partial charge in [0.05, 0.1) is 5.69 Å². The standard InChI is InChI=1S/C15H17BrN4O3/c1-9-7-10(21)5-6-14(9)23-8-11-12(16)3-2-4-13(11)20(18)15(22)19-17/h2-7,21H,8,17-18H2,1H3,(H,19,22). The molecule has 122 valence electrons. The Morgan fingerprint density at radius 1 is 1.39 bits per heavy atom. The van der Waals surface area contributed by atoms with Crippen LogP contribution in [0.5, 0.6) is 11.5 Å². The molecule has 0 bridgehead atoms. The van der Waals surface area contributed by atoms with Crippen LogP contribution in [0.1, 0.15) is 11.1 Å². The number of urea groups is 1. The molecule has 2 rings (SSSR count). The van der Waals surface area contributed by atoms with Crippen molar-refractivity contribution in [1.82, 2.24) is 5.43 Å². The van der Waals surface area contributed by atoms with Crippen molar-refractivity contribution in [2.45, 2.75) is 13.5 Å². The first-order chi connectivity index (χ1) is 10.9. The Morgan fingerprint density at radius 2 is 2.13 bits per heavy atom. The Labute approximate surface area is 141 Å². The summed E-state index contributed by atoms with van der Waals surface area (Å²) in [7, 11) is 0. The zero-order valence-electron chi connectivity index (χ0n) is 12.4. The fourth-order valence-electron chi connectivity index (χ4n) is 2.04. The monoisotopic (exact) mass is 380 g/mol. The van der Waals surface area contributed by atoms with Crippen molar-refractivity contribution in [3.63, 3.8) is 0 Å². The van der Waals surface area contributed by atoms with E-state index in [1.165, 1.54) is 0 Å². The quantitative estimate of drug-likeness (QED) is 0.369. The topological polar surface area (TPSA) is 114 Å². The van der Waals surface area contributed by atoms with Crippen LogP contribution in [0, 0.1) is 6.92 Å². The van der Waals surface area contributed by atoms with Crippen molar-refractivity contribution >= 4 is 27.6 Å². The molecule has 0 aliphatic carbocycles. The molecular weight excluding hydrogens is 364 g/mol. The predicted molar refractivity (Wildman–Crippen MR) is 90.7 cm³/mol. The molecular formula is C15H17BrN4O3. The molecule has 8 heteroatoms. The number of amides is 2. The molecule has 2 aromatic rings. The average Bonchev–Trinajstić information content (AvgIpc) is 2.53. The minimum atomic E-state index is -0.648. The molecule has 2 aromatic carbocycles. The molecule has 0 radical (unpaired) electrons. The van der Waals surface area contributed by atoms with Crippen LogP contribution in [-0.4, -0.2) is 11.1 Å². The van der Waals surface area contributed by atoms with Crippen LogP contribution in [0.2, 0.25) is 0 Å². The molecule has 0 aromatic heterocycles. The Balaban J connectivity index is 2.27. The highest BCUT2D eigenvalue weighted by Crippen LogP contribution is 2.29. The lowest BCUT2D eigenvalue weighted by Crippen LogP contribution is -2.48. The number of phenolic OH excluding ortho intramolecular Hbond substituents is 1. The molecule has 0 saturated carbocycles. The number of nitrogens with zero attached hydrogens (tertiary/aromatic N) is 1. The number of hydrazine groups is 2. The van der Waals surface area contributed by atoms with Gasteiger partial charge in [0, 0.05) is 10.0 Å². The number of nitrogens with two attached hydrogens (primary N) is 2. The lowest BCUT2D eigenvalue weighted by molar-refractivity contribution is 0.246. The maximum absolute atomic E-state index is 11.6. The van der Waals surface area contributed by atoms with E-state index in [0.29, 0.717) is 17.0 Å². The second kappa shape index (κ2) is 7.32. The molecule has 0 heterocycles. The summed E-state index contributed by atoms with van der Waals surface area (Å²) in [6.07, 6.45) is 0. The molecule has 0 spiro atoms. The van der Waals surface area contributed by atoms with Gasteiger partial charge in [-0.1, -0.05) is 22.0 Å². The number of carbonyl (C=O) groups is 1. The van der Waals surface area contributed by atoms with Crippen LogP contribution in [0.4, 0.5) is 10.5 Å². The maximum Gasteiger partial charge on any atom is 0.350 e. The van der Waals surface area contributed by atoms with Gasteiger partial charge in [0.1, 0.15) is 18.1 Å². The van der Waals surface area contributed by atoms with Crippen molar-refractivity contribution in [3.05, 3.63) is 52.0 Å².